The first-order chi connectivity index (χ1) is 6.49. The monoisotopic (exact) mass is 217 g/mol. The van der Waals surface area contributed by atoms with E-state index in [1.165, 1.54) is 4.68 Å². The average Bonchev–Trinajstić information content (AvgIpc) is 2.28. The van der Waals surface area contributed by atoms with Crippen LogP contribution in [-0.2, 0) is 17.5 Å². The van der Waals surface area contributed by atoms with Crippen LogP contribution >= 0.6 is 0 Å². The van der Waals surface area contributed by atoms with E-state index in [2.05, 4.69) is 19.8 Å². The molecule has 0 fully saturated rings. The highest BCUT2D eigenvalue weighted by atomic mass is 32.2. The summed E-state index contributed by atoms with van der Waals surface area (Å²) in [5.74, 6) is 0.604. The summed E-state index contributed by atoms with van der Waals surface area (Å²) in [4.78, 5) is 14.6. The lowest BCUT2D eigenvalue weighted by atomic mass is 10.7. The fraction of sp³-hybridized carbons (Fsp3) is 0.400. The average molecular weight is 217 g/mol. The third-order valence-corrected chi connectivity index (χ3v) is 1.67. The van der Waals surface area contributed by atoms with E-state index in [9.17, 15) is 13.2 Å². The number of anilines is 1. The summed E-state index contributed by atoms with van der Waals surface area (Å²) in [5, 5.41) is 5.86. The third-order valence-electron chi connectivity index (χ3n) is 1.36. The van der Waals surface area contributed by atoms with Gasteiger partial charge < -0.3 is 0 Å². The zero-order valence-corrected chi connectivity index (χ0v) is 8.24. The van der Waals surface area contributed by atoms with Gasteiger partial charge in [0.1, 0.15) is 5.82 Å². The number of carbonyl (C=O) groups is 1. The van der Waals surface area contributed by atoms with Crippen LogP contribution in [0.5, 0.6) is 0 Å². The number of hydrogen-bond donors (Lipinski definition) is 1. The maximum atomic E-state index is 10.8. The number of aryl methyl sites for hydroxylation is 2. The Morgan fingerprint density at radius 2 is 2.21 bits per heavy atom. The third kappa shape index (κ3) is 2.62. The molecule has 2 amide bonds. The number of nitrogens with zero attached hydrogens (tertiary/aromatic N) is 4. The van der Waals surface area contributed by atoms with Gasteiger partial charge in [-0.15, -0.1) is 5.10 Å². The Morgan fingerprint density at radius 1 is 1.57 bits per heavy atom. The first-order valence-corrected chi connectivity index (χ1v) is 4.52. The van der Waals surface area contributed by atoms with Crippen molar-refractivity contribution in [2.75, 3.05) is 5.32 Å². The van der Waals surface area contributed by atoms with Crippen LogP contribution in [0, 0.1) is 6.92 Å². The van der Waals surface area contributed by atoms with Crippen molar-refractivity contribution in [3.63, 3.8) is 0 Å². The van der Waals surface area contributed by atoms with Crippen LogP contribution in [0.4, 0.5) is 10.7 Å². The molecule has 0 saturated carbocycles. The second kappa shape index (κ2) is 3.96. The minimum Gasteiger partial charge on any atom is -0.272 e. The van der Waals surface area contributed by atoms with Crippen LogP contribution in [0.1, 0.15) is 5.82 Å². The maximum Gasteiger partial charge on any atom is 0.362 e. The van der Waals surface area contributed by atoms with Gasteiger partial charge in [-0.3, -0.25) is 10.00 Å². The van der Waals surface area contributed by atoms with Gasteiger partial charge in [0.05, 0.1) is 0 Å². The van der Waals surface area contributed by atoms with Crippen molar-refractivity contribution in [1.82, 2.24) is 14.8 Å². The number of amides is 2. The van der Waals surface area contributed by atoms with Gasteiger partial charge in [-0.1, -0.05) is 4.36 Å². The highest BCUT2D eigenvalue weighted by molar-refractivity contribution is 7.62. The zero-order chi connectivity index (χ0) is 10.7. The molecule has 14 heavy (non-hydrogen) atoms. The quantitative estimate of drug-likeness (QED) is 0.696. The lowest BCUT2D eigenvalue weighted by molar-refractivity contribution is 0.259. The molecule has 0 atom stereocenters. The largest absolute Gasteiger partial charge is 0.362 e. The van der Waals surface area contributed by atoms with Crippen molar-refractivity contribution in [3.8, 4) is 0 Å². The maximum absolute atomic E-state index is 10.8. The Kier molecular flexibility index (Phi) is 2.92. The fourth-order valence-electron chi connectivity index (χ4n) is 0.702. The number of rotatable bonds is 1. The molecule has 0 spiro atoms. The van der Waals surface area contributed by atoms with Crippen LogP contribution in [0.15, 0.2) is 4.36 Å². The summed E-state index contributed by atoms with van der Waals surface area (Å²) in [5.41, 5.74) is 0. The Balaban J connectivity index is 2.80. The molecular formula is C5H7N5O3S. The zero-order valence-electron chi connectivity index (χ0n) is 7.42. The van der Waals surface area contributed by atoms with Crippen LogP contribution in [0.3, 0.4) is 0 Å². The van der Waals surface area contributed by atoms with Crippen molar-refractivity contribution in [1.29, 1.82) is 0 Å². The van der Waals surface area contributed by atoms with Crippen molar-refractivity contribution in [2.45, 2.75) is 6.92 Å². The molecule has 1 rings (SSSR count). The molecule has 0 saturated heterocycles. The molecule has 76 valence electrons. The van der Waals surface area contributed by atoms with Crippen molar-refractivity contribution >= 4 is 22.5 Å². The lowest BCUT2D eigenvalue weighted by Crippen LogP contribution is -2.07. The van der Waals surface area contributed by atoms with E-state index in [1.807, 2.05) is 0 Å². The number of urea groups is 1. The summed E-state index contributed by atoms with van der Waals surface area (Å²) in [6, 6.07) is -1.02. The number of nitrogens with one attached hydrogen (secondary N) is 1. The van der Waals surface area contributed by atoms with E-state index in [0.717, 1.165) is 0 Å². The van der Waals surface area contributed by atoms with E-state index in [-0.39, 0.29) is 5.95 Å². The summed E-state index contributed by atoms with van der Waals surface area (Å²) < 4.78 is 24.1. The molecule has 8 nitrogen and oxygen atoms in total. The van der Waals surface area contributed by atoms with Crippen LogP contribution in [0.25, 0.3) is 0 Å². The molecule has 9 heteroatoms. The van der Waals surface area contributed by atoms with E-state index in [0.29, 0.717) is 5.82 Å². The van der Waals surface area contributed by atoms with Gasteiger partial charge in [-0.05, 0) is 6.92 Å². The smallest absolute Gasteiger partial charge is 0.272 e. The summed E-state index contributed by atoms with van der Waals surface area (Å²) in [6.45, 7) is 1.69. The van der Waals surface area contributed by atoms with Gasteiger partial charge in [-0.25, -0.2) is 4.79 Å². The molecule has 0 aliphatic heterocycles. The van der Waals surface area contributed by atoms with E-state index >= 15 is 0 Å². The molecule has 0 aliphatic carbocycles. The Bertz CT molecular complexity index is 460. The Morgan fingerprint density at radius 3 is 2.64 bits per heavy atom. The van der Waals surface area contributed by atoms with Gasteiger partial charge in [0.2, 0.25) is 5.95 Å². The van der Waals surface area contributed by atoms with Gasteiger partial charge in [0, 0.05) is 7.05 Å². The molecule has 1 aromatic heterocycles. The predicted octanol–water partition coefficient (Wildman–Crippen LogP) is -0.282. The van der Waals surface area contributed by atoms with E-state index in [4.69, 9.17) is 0 Å². The molecule has 0 aromatic carbocycles. The minimum atomic E-state index is -2.77. The fourth-order valence-corrected chi connectivity index (χ4v) is 0.883. The molecule has 0 aliphatic rings. The number of carbonyl (C=O) groups excluding carboxylic acids is 1. The Labute approximate surface area is 80.7 Å². The van der Waals surface area contributed by atoms with Crippen molar-refractivity contribution in [3.05, 3.63) is 5.82 Å². The van der Waals surface area contributed by atoms with E-state index < -0.39 is 16.5 Å². The molecule has 1 N–H and O–H groups in total. The summed E-state index contributed by atoms with van der Waals surface area (Å²) in [7, 11) is -1.13. The highest BCUT2D eigenvalue weighted by Crippen LogP contribution is 2.00. The second-order valence-corrected chi connectivity index (χ2v) is 2.96. The first-order valence-electron chi connectivity index (χ1n) is 3.49. The van der Waals surface area contributed by atoms with E-state index in [1.54, 1.807) is 14.0 Å². The first kappa shape index (κ1) is 10.3. The molecule has 1 heterocycles. The van der Waals surface area contributed by atoms with Gasteiger partial charge in [0.15, 0.2) is 0 Å². The normalized spacial score (nSPS) is 9.57. The van der Waals surface area contributed by atoms with Crippen LogP contribution < -0.4 is 5.32 Å². The van der Waals surface area contributed by atoms with Crippen LogP contribution in [-0.4, -0.2) is 29.2 Å². The Hall–Kier alpha value is -1.77. The van der Waals surface area contributed by atoms with Crippen molar-refractivity contribution in [2.24, 2.45) is 11.4 Å². The lowest BCUT2D eigenvalue weighted by Gasteiger charge is -1.89. The number of hydrogen-bond acceptors (Lipinski definition) is 5. The molecule has 0 radical (unpaired) electrons. The predicted molar refractivity (Wildman–Crippen MR) is 46.1 cm³/mol. The SMILES string of the molecule is Cc1nc(NC(=O)N=S(=O)=O)nn1C. The molecule has 0 unspecified atom stereocenters. The second-order valence-electron chi connectivity index (χ2n) is 2.34. The molecule has 0 bridgehead atoms. The summed E-state index contributed by atoms with van der Waals surface area (Å²) >= 11 is 0. The summed E-state index contributed by atoms with van der Waals surface area (Å²) in [6.07, 6.45) is 0. The van der Waals surface area contributed by atoms with Gasteiger partial charge in [-0.2, -0.15) is 13.4 Å². The molecular weight excluding hydrogens is 210 g/mol. The highest BCUT2D eigenvalue weighted by Gasteiger charge is 2.06. The standard InChI is InChI=1S/C5H7N5O3S/c1-3-6-4(8-10(3)2)7-5(11)9-14(12)13/h1-2H3,(H,7,8,11). The number of aromatic nitrogens is 3. The van der Waals surface area contributed by atoms with Gasteiger partial charge in [0.25, 0.3) is 0 Å². The van der Waals surface area contributed by atoms with Crippen molar-refractivity contribution < 1.29 is 13.2 Å². The van der Waals surface area contributed by atoms with Crippen LogP contribution in [0.2, 0.25) is 0 Å². The topological polar surface area (TPSA) is 106 Å². The minimum absolute atomic E-state index is 0.0178. The molecule has 1 aromatic rings. The van der Waals surface area contributed by atoms with Gasteiger partial charge >= 0.3 is 16.5 Å².